The molecule has 6 heteroatoms. The summed E-state index contributed by atoms with van der Waals surface area (Å²) in [5.74, 6) is -0.859. The van der Waals surface area contributed by atoms with Gasteiger partial charge in [0.2, 0.25) is 5.91 Å². The molecule has 0 aliphatic carbocycles. The van der Waals surface area contributed by atoms with E-state index in [1.807, 2.05) is 6.07 Å². The van der Waals surface area contributed by atoms with Crippen LogP contribution in [0.3, 0.4) is 0 Å². The molecule has 1 aliphatic heterocycles. The summed E-state index contributed by atoms with van der Waals surface area (Å²) in [6.07, 6.45) is 2.21. The number of piperidine rings is 1. The van der Waals surface area contributed by atoms with Crippen LogP contribution in [0.1, 0.15) is 35.2 Å². The summed E-state index contributed by atoms with van der Waals surface area (Å²) in [6.45, 7) is 1.16. The number of nitrogens with zero attached hydrogens (tertiary/aromatic N) is 1. The first-order valence-corrected chi connectivity index (χ1v) is 9.10. The van der Waals surface area contributed by atoms with Gasteiger partial charge in [-0.1, -0.05) is 12.1 Å². The van der Waals surface area contributed by atoms with Crippen LogP contribution in [0.15, 0.2) is 48.5 Å². The number of carbonyl (C=O) groups excluding carboxylic acids is 2. The molecule has 1 aliphatic rings. The van der Waals surface area contributed by atoms with Gasteiger partial charge in [-0.05, 0) is 61.2 Å². The predicted molar refractivity (Wildman–Crippen MR) is 98.2 cm³/mol. The van der Waals surface area contributed by atoms with Crippen molar-refractivity contribution >= 4 is 11.8 Å². The number of likely N-dealkylation sites (tertiary alicyclic amines) is 1. The second-order valence-electron chi connectivity index (χ2n) is 6.77. The summed E-state index contributed by atoms with van der Waals surface area (Å²) in [6, 6.07) is 11.7. The zero-order chi connectivity index (χ0) is 19.2. The minimum atomic E-state index is -0.378. The summed E-state index contributed by atoms with van der Waals surface area (Å²) >= 11 is 0. The van der Waals surface area contributed by atoms with Crippen molar-refractivity contribution in [3.63, 3.8) is 0 Å². The normalized spacial score (nSPS) is 14.8. The molecular formula is C21H22F2N2O2. The highest BCUT2D eigenvalue weighted by Gasteiger charge is 2.24. The largest absolute Gasteiger partial charge is 0.349 e. The summed E-state index contributed by atoms with van der Waals surface area (Å²) in [7, 11) is 0. The molecule has 0 atom stereocenters. The monoisotopic (exact) mass is 372 g/mol. The highest BCUT2D eigenvalue weighted by Crippen LogP contribution is 2.14. The highest BCUT2D eigenvalue weighted by molar-refractivity contribution is 5.94. The lowest BCUT2D eigenvalue weighted by Gasteiger charge is -2.32. The van der Waals surface area contributed by atoms with E-state index in [0.29, 0.717) is 44.3 Å². The first-order valence-electron chi connectivity index (χ1n) is 9.10. The van der Waals surface area contributed by atoms with Crippen LogP contribution in [0.4, 0.5) is 8.78 Å². The molecule has 0 aromatic heterocycles. The number of halogens is 2. The fraction of sp³-hybridized carbons (Fsp3) is 0.333. The van der Waals surface area contributed by atoms with Gasteiger partial charge in [-0.15, -0.1) is 0 Å². The van der Waals surface area contributed by atoms with E-state index in [1.54, 1.807) is 11.0 Å². The zero-order valence-electron chi connectivity index (χ0n) is 15.0. The minimum Gasteiger partial charge on any atom is -0.349 e. The Kier molecular flexibility index (Phi) is 6.16. The second-order valence-corrected chi connectivity index (χ2v) is 6.77. The Labute approximate surface area is 157 Å². The molecule has 142 valence electrons. The second kappa shape index (κ2) is 8.75. The molecule has 3 rings (SSSR count). The average Bonchev–Trinajstić information content (AvgIpc) is 2.67. The quantitative estimate of drug-likeness (QED) is 0.875. The lowest BCUT2D eigenvalue weighted by Crippen LogP contribution is -2.46. The standard InChI is InChI=1S/C21H22F2N2O2/c22-17-7-5-16(6-8-17)21(27)24-19-10-12-25(13-11-19)20(26)9-4-15-2-1-3-18(23)14-15/h1-3,5-8,14,19H,4,9-13H2,(H,24,27). The van der Waals surface area contributed by atoms with E-state index in [-0.39, 0.29) is 29.5 Å². The maximum atomic E-state index is 13.2. The smallest absolute Gasteiger partial charge is 0.251 e. The third-order valence-electron chi connectivity index (χ3n) is 4.81. The molecule has 0 unspecified atom stereocenters. The van der Waals surface area contributed by atoms with Crippen LogP contribution in [-0.2, 0) is 11.2 Å². The van der Waals surface area contributed by atoms with Crippen molar-refractivity contribution in [3.05, 3.63) is 71.3 Å². The van der Waals surface area contributed by atoms with Crippen molar-refractivity contribution in [3.8, 4) is 0 Å². The number of hydrogen-bond donors (Lipinski definition) is 1. The summed E-state index contributed by atoms with van der Waals surface area (Å²) < 4.78 is 26.1. The van der Waals surface area contributed by atoms with E-state index in [4.69, 9.17) is 0 Å². The maximum absolute atomic E-state index is 13.2. The van der Waals surface area contributed by atoms with Gasteiger partial charge >= 0.3 is 0 Å². The number of benzene rings is 2. The Balaban J connectivity index is 1.43. The molecule has 0 bridgehead atoms. The van der Waals surface area contributed by atoms with Crippen molar-refractivity contribution in [2.24, 2.45) is 0 Å². The van der Waals surface area contributed by atoms with Gasteiger partial charge in [0, 0.05) is 31.1 Å². The topological polar surface area (TPSA) is 49.4 Å². The Morgan fingerprint density at radius 3 is 2.37 bits per heavy atom. The molecule has 0 radical (unpaired) electrons. The van der Waals surface area contributed by atoms with Gasteiger partial charge in [0.15, 0.2) is 0 Å². The molecule has 2 amide bonds. The van der Waals surface area contributed by atoms with Crippen molar-refractivity contribution in [1.82, 2.24) is 10.2 Å². The first kappa shape index (κ1) is 19.0. The van der Waals surface area contributed by atoms with Gasteiger partial charge in [0.1, 0.15) is 11.6 Å². The predicted octanol–water partition coefficient (Wildman–Crippen LogP) is 3.32. The SMILES string of the molecule is O=C(NC1CCN(C(=O)CCc2cccc(F)c2)CC1)c1ccc(F)cc1. The molecule has 1 fully saturated rings. The van der Waals surface area contributed by atoms with E-state index in [0.717, 1.165) is 5.56 Å². The van der Waals surface area contributed by atoms with Gasteiger partial charge in [-0.3, -0.25) is 9.59 Å². The molecule has 0 spiro atoms. The van der Waals surface area contributed by atoms with E-state index in [9.17, 15) is 18.4 Å². The molecule has 0 saturated carbocycles. The third kappa shape index (κ3) is 5.36. The van der Waals surface area contributed by atoms with Crippen LogP contribution in [0.5, 0.6) is 0 Å². The van der Waals surface area contributed by atoms with Crippen molar-refractivity contribution in [1.29, 1.82) is 0 Å². The van der Waals surface area contributed by atoms with Crippen molar-refractivity contribution in [2.75, 3.05) is 13.1 Å². The van der Waals surface area contributed by atoms with Crippen LogP contribution in [0.2, 0.25) is 0 Å². The Morgan fingerprint density at radius 2 is 1.70 bits per heavy atom. The summed E-state index contributed by atoms with van der Waals surface area (Å²) in [5.41, 5.74) is 1.23. The van der Waals surface area contributed by atoms with Gasteiger partial charge in [0.05, 0.1) is 0 Å². The number of hydrogen-bond acceptors (Lipinski definition) is 2. The zero-order valence-corrected chi connectivity index (χ0v) is 15.0. The lowest BCUT2D eigenvalue weighted by atomic mass is 10.0. The van der Waals surface area contributed by atoms with Crippen LogP contribution < -0.4 is 5.32 Å². The number of rotatable bonds is 5. The molecule has 2 aromatic carbocycles. The van der Waals surface area contributed by atoms with Crippen LogP contribution in [-0.4, -0.2) is 35.8 Å². The molecule has 2 aromatic rings. The summed E-state index contributed by atoms with van der Waals surface area (Å²) in [5, 5.41) is 2.94. The average molecular weight is 372 g/mol. The molecule has 1 N–H and O–H groups in total. The summed E-state index contributed by atoms with van der Waals surface area (Å²) in [4.78, 5) is 26.3. The van der Waals surface area contributed by atoms with Crippen LogP contribution in [0.25, 0.3) is 0 Å². The van der Waals surface area contributed by atoms with Gasteiger partial charge in [0.25, 0.3) is 5.91 Å². The van der Waals surface area contributed by atoms with Gasteiger partial charge in [-0.2, -0.15) is 0 Å². The first-order chi connectivity index (χ1) is 13.0. The minimum absolute atomic E-state index is 0.00479. The van der Waals surface area contributed by atoms with Crippen molar-refractivity contribution < 1.29 is 18.4 Å². The fourth-order valence-electron chi connectivity index (χ4n) is 3.25. The van der Waals surface area contributed by atoms with E-state index in [2.05, 4.69) is 5.32 Å². The van der Waals surface area contributed by atoms with E-state index < -0.39 is 0 Å². The molecule has 1 saturated heterocycles. The third-order valence-corrected chi connectivity index (χ3v) is 4.81. The van der Waals surface area contributed by atoms with E-state index in [1.165, 1.54) is 36.4 Å². The number of aryl methyl sites for hydroxylation is 1. The highest BCUT2D eigenvalue weighted by atomic mass is 19.1. The molecule has 4 nitrogen and oxygen atoms in total. The van der Waals surface area contributed by atoms with Crippen molar-refractivity contribution in [2.45, 2.75) is 31.7 Å². The van der Waals surface area contributed by atoms with E-state index >= 15 is 0 Å². The molecule has 27 heavy (non-hydrogen) atoms. The maximum Gasteiger partial charge on any atom is 0.251 e. The molecular weight excluding hydrogens is 350 g/mol. The Morgan fingerprint density at radius 1 is 1.00 bits per heavy atom. The Bertz CT molecular complexity index is 800. The molecule has 1 heterocycles. The number of carbonyl (C=O) groups is 2. The van der Waals surface area contributed by atoms with Crippen LogP contribution in [0, 0.1) is 11.6 Å². The fourth-order valence-corrected chi connectivity index (χ4v) is 3.25. The lowest BCUT2D eigenvalue weighted by molar-refractivity contribution is -0.132. The van der Waals surface area contributed by atoms with Gasteiger partial charge in [-0.25, -0.2) is 8.78 Å². The van der Waals surface area contributed by atoms with Crippen LogP contribution >= 0.6 is 0 Å². The number of amides is 2. The van der Waals surface area contributed by atoms with Gasteiger partial charge < -0.3 is 10.2 Å². The number of nitrogens with one attached hydrogen (secondary N) is 1. The Hall–Kier alpha value is -2.76.